The number of nitrogens with one attached hydrogen (secondary N) is 1. The van der Waals surface area contributed by atoms with Crippen LogP contribution in [-0.2, 0) is 5.33 Å². The van der Waals surface area contributed by atoms with Crippen molar-refractivity contribution in [3.8, 4) is 0 Å². The van der Waals surface area contributed by atoms with Crippen molar-refractivity contribution in [1.29, 1.82) is 0 Å². The molecular weight excluding hydrogens is 206 g/mol. The number of aromatic nitrogens is 3. The molecule has 0 amide bonds. The van der Waals surface area contributed by atoms with E-state index < -0.39 is 0 Å². The average Bonchev–Trinajstić information content (AvgIpc) is 2.50. The van der Waals surface area contributed by atoms with Gasteiger partial charge in [-0.2, -0.15) is 0 Å². The quantitative estimate of drug-likeness (QED) is 0.733. The fourth-order valence-electron chi connectivity index (χ4n) is 1.01. The molecule has 0 saturated heterocycles. The van der Waals surface area contributed by atoms with Crippen LogP contribution in [0.25, 0.3) is 11.2 Å². The van der Waals surface area contributed by atoms with Crippen LogP contribution in [0.1, 0.15) is 5.56 Å². The van der Waals surface area contributed by atoms with Gasteiger partial charge in [0, 0.05) is 11.5 Å². The van der Waals surface area contributed by atoms with Crippen LogP contribution in [0.4, 0.5) is 0 Å². The van der Waals surface area contributed by atoms with Gasteiger partial charge in [-0.05, 0) is 11.6 Å². The first kappa shape index (κ1) is 6.79. The number of hydrogen-bond acceptors (Lipinski definition) is 2. The highest BCUT2D eigenvalue weighted by atomic mass is 79.9. The van der Waals surface area contributed by atoms with Crippen molar-refractivity contribution >= 4 is 27.1 Å². The Hall–Kier alpha value is -0.900. The molecule has 0 unspecified atom stereocenters. The van der Waals surface area contributed by atoms with Crippen LogP contribution >= 0.6 is 15.9 Å². The number of alkyl halides is 1. The molecule has 0 atom stereocenters. The molecule has 0 fully saturated rings. The predicted octanol–water partition coefficient (Wildman–Crippen LogP) is 1.85. The van der Waals surface area contributed by atoms with Gasteiger partial charge in [-0.1, -0.05) is 15.9 Å². The molecule has 0 radical (unpaired) electrons. The summed E-state index contributed by atoms with van der Waals surface area (Å²) in [5.74, 6) is 0. The van der Waals surface area contributed by atoms with Crippen LogP contribution in [-0.4, -0.2) is 15.0 Å². The monoisotopic (exact) mass is 211 g/mol. The zero-order valence-electron chi connectivity index (χ0n) is 5.71. The number of H-pyrrole nitrogens is 1. The van der Waals surface area contributed by atoms with Crippen molar-refractivity contribution in [1.82, 2.24) is 15.0 Å². The third-order valence-corrected chi connectivity index (χ3v) is 2.16. The molecule has 3 nitrogen and oxygen atoms in total. The molecule has 0 saturated carbocycles. The summed E-state index contributed by atoms with van der Waals surface area (Å²) in [4.78, 5) is 11.2. The zero-order valence-corrected chi connectivity index (χ0v) is 7.30. The molecule has 0 spiro atoms. The minimum atomic E-state index is 0.780. The van der Waals surface area contributed by atoms with Gasteiger partial charge in [0.25, 0.3) is 0 Å². The second-order valence-electron chi connectivity index (χ2n) is 2.20. The van der Waals surface area contributed by atoms with Gasteiger partial charge in [-0.15, -0.1) is 0 Å². The number of hydrogen-bond donors (Lipinski definition) is 1. The fourth-order valence-corrected chi connectivity index (χ4v) is 1.48. The van der Waals surface area contributed by atoms with Crippen LogP contribution in [0.2, 0.25) is 0 Å². The molecule has 0 aromatic carbocycles. The van der Waals surface area contributed by atoms with Crippen LogP contribution in [0.5, 0.6) is 0 Å². The van der Waals surface area contributed by atoms with E-state index in [0.717, 1.165) is 16.5 Å². The Bertz CT molecular complexity index is 368. The number of nitrogens with zero attached hydrogens (tertiary/aromatic N) is 2. The molecule has 1 N–H and O–H groups in total. The van der Waals surface area contributed by atoms with E-state index in [1.807, 2.05) is 6.07 Å². The number of pyridine rings is 1. The fraction of sp³-hybridized carbons (Fsp3) is 0.143. The third kappa shape index (κ3) is 1.03. The standard InChI is InChI=1S/C7H6BrN3/c8-3-5-1-2-9-7-6(5)10-4-11-7/h1-2,4H,3H2,(H,9,10,11). The van der Waals surface area contributed by atoms with Crippen LogP contribution in [0, 0.1) is 0 Å². The van der Waals surface area contributed by atoms with Crippen molar-refractivity contribution in [2.75, 3.05) is 0 Å². The first-order valence-electron chi connectivity index (χ1n) is 3.25. The van der Waals surface area contributed by atoms with Crippen LogP contribution in [0.15, 0.2) is 18.6 Å². The highest BCUT2D eigenvalue weighted by Gasteiger charge is 2.00. The average molecular weight is 212 g/mol. The Kier molecular flexibility index (Phi) is 1.62. The summed E-state index contributed by atoms with van der Waals surface area (Å²) in [6, 6.07) is 1.97. The summed E-state index contributed by atoms with van der Waals surface area (Å²) in [7, 11) is 0. The second kappa shape index (κ2) is 2.62. The maximum absolute atomic E-state index is 4.09. The van der Waals surface area contributed by atoms with Crippen LogP contribution < -0.4 is 0 Å². The van der Waals surface area contributed by atoms with E-state index in [2.05, 4.69) is 30.9 Å². The van der Waals surface area contributed by atoms with Gasteiger partial charge in [0.1, 0.15) is 0 Å². The third-order valence-electron chi connectivity index (χ3n) is 1.56. The van der Waals surface area contributed by atoms with Gasteiger partial charge in [-0.25, -0.2) is 9.97 Å². The Morgan fingerprint density at radius 3 is 3.18 bits per heavy atom. The first-order chi connectivity index (χ1) is 5.42. The Morgan fingerprint density at radius 1 is 1.45 bits per heavy atom. The summed E-state index contributed by atoms with van der Waals surface area (Å²) >= 11 is 3.39. The molecule has 2 heterocycles. The minimum absolute atomic E-state index is 0.780. The normalized spacial score (nSPS) is 10.6. The van der Waals surface area contributed by atoms with Gasteiger partial charge in [0.2, 0.25) is 0 Å². The topological polar surface area (TPSA) is 41.6 Å². The first-order valence-corrected chi connectivity index (χ1v) is 4.37. The van der Waals surface area contributed by atoms with E-state index in [-0.39, 0.29) is 0 Å². The lowest BCUT2D eigenvalue weighted by molar-refractivity contribution is 1.30. The van der Waals surface area contributed by atoms with E-state index in [9.17, 15) is 0 Å². The lowest BCUT2D eigenvalue weighted by Crippen LogP contribution is -1.82. The summed E-state index contributed by atoms with van der Waals surface area (Å²) in [6.07, 6.45) is 3.42. The van der Waals surface area contributed by atoms with Crippen molar-refractivity contribution in [2.24, 2.45) is 0 Å². The SMILES string of the molecule is BrCc1ccnc2nc[nH]c12. The smallest absolute Gasteiger partial charge is 0.177 e. The lowest BCUT2D eigenvalue weighted by atomic mass is 10.3. The minimum Gasteiger partial charge on any atom is -0.343 e. The van der Waals surface area contributed by atoms with E-state index in [4.69, 9.17) is 0 Å². The highest BCUT2D eigenvalue weighted by molar-refractivity contribution is 9.08. The Labute approximate surface area is 72.0 Å². The van der Waals surface area contributed by atoms with E-state index in [1.54, 1.807) is 12.5 Å². The predicted molar refractivity (Wildman–Crippen MR) is 46.5 cm³/mol. The summed E-state index contributed by atoms with van der Waals surface area (Å²) < 4.78 is 0. The Balaban J connectivity index is 2.79. The van der Waals surface area contributed by atoms with Crippen molar-refractivity contribution in [3.05, 3.63) is 24.2 Å². The van der Waals surface area contributed by atoms with Crippen LogP contribution in [0.3, 0.4) is 0 Å². The molecule has 0 aliphatic carbocycles. The molecule has 0 bridgehead atoms. The summed E-state index contributed by atoms with van der Waals surface area (Å²) in [5, 5.41) is 0.828. The molecule has 2 aromatic rings. The van der Waals surface area contributed by atoms with Gasteiger partial charge < -0.3 is 4.98 Å². The maximum Gasteiger partial charge on any atom is 0.177 e. The van der Waals surface area contributed by atoms with Gasteiger partial charge in [0.15, 0.2) is 5.65 Å². The van der Waals surface area contributed by atoms with E-state index in [0.29, 0.717) is 0 Å². The number of fused-ring (bicyclic) bond motifs is 1. The van der Waals surface area contributed by atoms with Crippen molar-refractivity contribution < 1.29 is 0 Å². The number of aromatic amines is 1. The van der Waals surface area contributed by atoms with E-state index in [1.165, 1.54) is 5.56 Å². The number of imidazole rings is 1. The number of rotatable bonds is 1. The highest BCUT2D eigenvalue weighted by Crippen LogP contribution is 2.14. The van der Waals surface area contributed by atoms with E-state index >= 15 is 0 Å². The summed E-state index contributed by atoms with van der Waals surface area (Å²) in [5.41, 5.74) is 2.99. The molecule has 0 aliphatic heterocycles. The molecule has 4 heteroatoms. The summed E-state index contributed by atoms with van der Waals surface area (Å²) in [6.45, 7) is 0. The number of halogens is 1. The molecule has 2 rings (SSSR count). The maximum atomic E-state index is 4.09. The Morgan fingerprint density at radius 2 is 2.36 bits per heavy atom. The second-order valence-corrected chi connectivity index (χ2v) is 2.77. The van der Waals surface area contributed by atoms with Gasteiger partial charge >= 0.3 is 0 Å². The molecule has 2 aromatic heterocycles. The molecular formula is C7H6BrN3. The van der Waals surface area contributed by atoms with Crippen molar-refractivity contribution in [2.45, 2.75) is 5.33 Å². The largest absolute Gasteiger partial charge is 0.343 e. The van der Waals surface area contributed by atoms with Gasteiger partial charge in [0.05, 0.1) is 11.8 Å². The van der Waals surface area contributed by atoms with Crippen molar-refractivity contribution in [3.63, 3.8) is 0 Å². The lowest BCUT2D eigenvalue weighted by Gasteiger charge is -1.93. The molecule has 56 valence electrons. The molecule has 0 aliphatic rings. The molecule has 11 heavy (non-hydrogen) atoms. The zero-order chi connectivity index (χ0) is 7.68. The van der Waals surface area contributed by atoms with Gasteiger partial charge in [-0.3, -0.25) is 0 Å².